The van der Waals surface area contributed by atoms with Gasteiger partial charge in [0, 0.05) is 6.42 Å². The summed E-state index contributed by atoms with van der Waals surface area (Å²) < 4.78 is 0. The molecule has 0 saturated carbocycles. The zero-order chi connectivity index (χ0) is 7.11. The van der Waals surface area contributed by atoms with Crippen molar-refractivity contribution in [1.82, 2.24) is 5.32 Å². The lowest BCUT2D eigenvalue weighted by Gasteiger charge is -1.96. The Morgan fingerprint density at radius 1 is 1.78 bits per heavy atom. The van der Waals surface area contributed by atoms with Crippen molar-refractivity contribution in [2.45, 2.75) is 12.8 Å². The number of hydrogen-bond donors (Lipinski definition) is 2. The van der Waals surface area contributed by atoms with Gasteiger partial charge in [0.05, 0.1) is 0 Å². The Kier molecular flexibility index (Phi) is 4.82. The average Bonchev–Trinajstić information content (AvgIpc) is 1.85. The molecule has 52 valence electrons. The minimum Gasteiger partial charge on any atom is -0.377 e. The van der Waals surface area contributed by atoms with Crippen molar-refractivity contribution < 1.29 is 9.90 Å². The molecule has 3 heteroatoms. The summed E-state index contributed by atoms with van der Waals surface area (Å²) in [5.74, 6) is -0.141. The molecular weight excluding hydrogens is 118 g/mol. The van der Waals surface area contributed by atoms with Crippen molar-refractivity contribution in [3.05, 3.63) is 12.7 Å². The molecule has 0 heterocycles. The minimum atomic E-state index is -0.282. The van der Waals surface area contributed by atoms with Crippen molar-refractivity contribution >= 4 is 5.91 Å². The maximum absolute atomic E-state index is 10.5. The fourth-order valence-electron chi connectivity index (χ4n) is 0.410. The zero-order valence-corrected chi connectivity index (χ0v) is 5.26. The SMILES string of the molecule is C=CCCC(=O)NCO. The quantitative estimate of drug-likeness (QED) is 0.415. The van der Waals surface area contributed by atoms with Gasteiger partial charge in [0.15, 0.2) is 0 Å². The average molecular weight is 129 g/mol. The summed E-state index contributed by atoms with van der Waals surface area (Å²) in [6.45, 7) is 3.17. The van der Waals surface area contributed by atoms with E-state index < -0.39 is 0 Å². The third-order valence-corrected chi connectivity index (χ3v) is 0.852. The van der Waals surface area contributed by atoms with Crippen LogP contribution in [0.5, 0.6) is 0 Å². The number of carbonyl (C=O) groups excluding carboxylic acids is 1. The van der Waals surface area contributed by atoms with Crippen LogP contribution in [0.25, 0.3) is 0 Å². The Labute approximate surface area is 54.4 Å². The fraction of sp³-hybridized carbons (Fsp3) is 0.500. The van der Waals surface area contributed by atoms with E-state index in [0.29, 0.717) is 12.8 Å². The Balaban J connectivity index is 3.16. The lowest BCUT2D eigenvalue weighted by atomic mass is 10.3. The first kappa shape index (κ1) is 8.17. The number of rotatable bonds is 4. The standard InChI is InChI=1S/C6H11NO2/c1-2-3-4-6(9)7-5-8/h2,8H,1,3-5H2,(H,7,9). The minimum absolute atomic E-state index is 0.141. The highest BCUT2D eigenvalue weighted by molar-refractivity contribution is 5.75. The highest BCUT2D eigenvalue weighted by atomic mass is 16.3. The van der Waals surface area contributed by atoms with Gasteiger partial charge in [-0.3, -0.25) is 4.79 Å². The predicted octanol–water partition coefficient (Wildman–Crippen LogP) is 0.0186. The summed E-state index contributed by atoms with van der Waals surface area (Å²) >= 11 is 0. The Morgan fingerprint density at radius 2 is 2.44 bits per heavy atom. The van der Waals surface area contributed by atoms with Crippen molar-refractivity contribution in [2.75, 3.05) is 6.73 Å². The van der Waals surface area contributed by atoms with Gasteiger partial charge in [-0.2, -0.15) is 0 Å². The van der Waals surface area contributed by atoms with Gasteiger partial charge in [0.1, 0.15) is 6.73 Å². The molecule has 0 aliphatic rings. The van der Waals surface area contributed by atoms with Crippen LogP contribution in [0.15, 0.2) is 12.7 Å². The second-order valence-corrected chi connectivity index (χ2v) is 1.59. The molecule has 1 amide bonds. The maximum atomic E-state index is 10.5. The number of aliphatic hydroxyl groups is 1. The molecule has 0 fully saturated rings. The predicted molar refractivity (Wildman–Crippen MR) is 34.7 cm³/mol. The molecule has 0 aromatic carbocycles. The number of carbonyl (C=O) groups is 1. The third kappa shape index (κ3) is 5.03. The molecule has 0 aliphatic heterocycles. The van der Waals surface area contributed by atoms with Crippen LogP contribution in [0.4, 0.5) is 0 Å². The van der Waals surface area contributed by atoms with Gasteiger partial charge in [0.2, 0.25) is 5.91 Å². The van der Waals surface area contributed by atoms with Gasteiger partial charge >= 0.3 is 0 Å². The molecular formula is C6H11NO2. The maximum Gasteiger partial charge on any atom is 0.222 e. The molecule has 0 spiro atoms. The van der Waals surface area contributed by atoms with E-state index in [-0.39, 0.29) is 12.6 Å². The van der Waals surface area contributed by atoms with E-state index in [0.717, 1.165) is 0 Å². The van der Waals surface area contributed by atoms with Gasteiger partial charge < -0.3 is 10.4 Å². The van der Waals surface area contributed by atoms with E-state index in [2.05, 4.69) is 11.9 Å². The topological polar surface area (TPSA) is 49.3 Å². The first-order chi connectivity index (χ1) is 4.31. The van der Waals surface area contributed by atoms with Gasteiger partial charge in [-0.05, 0) is 6.42 Å². The van der Waals surface area contributed by atoms with Gasteiger partial charge in [0.25, 0.3) is 0 Å². The van der Waals surface area contributed by atoms with Crippen LogP contribution < -0.4 is 5.32 Å². The van der Waals surface area contributed by atoms with E-state index in [9.17, 15) is 4.79 Å². The van der Waals surface area contributed by atoms with E-state index in [1.807, 2.05) is 0 Å². The first-order valence-corrected chi connectivity index (χ1v) is 2.79. The summed E-state index contributed by atoms with van der Waals surface area (Å²) in [7, 11) is 0. The van der Waals surface area contributed by atoms with E-state index in [1.54, 1.807) is 6.08 Å². The van der Waals surface area contributed by atoms with Crippen LogP contribution in [0, 0.1) is 0 Å². The van der Waals surface area contributed by atoms with Crippen molar-refractivity contribution in [1.29, 1.82) is 0 Å². The molecule has 0 radical (unpaired) electrons. The molecule has 0 aromatic heterocycles. The summed E-state index contributed by atoms with van der Waals surface area (Å²) in [6.07, 6.45) is 2.73. The number of allylic oxidation sites excluding steroid dienone is 1. The Morgan fingerprint density at radius 3 is 2.89 bits per heavy atom. The van der Waals surface area contributed by atoms with E-state index in [4.69, 9.17) is 5.11 Å². The van der Waals surface area contributed by atoms with Crippen molar-refractivity contribution in [2.24, 2.45) is 0 Å². The smallest absolute Gasteiger partial charge is 0.222 e. The molecule has 3 nitrogen and oxygen atoms in total. The number of hydrogen-bond acceptors (Lipinski definition) is 2. The zero-order valence-electron chi connectivity index (χ0n) is 5.26. The molecule has 0 bridgehead atoms. The Hall–Kier alpha value is -0.830. The summed E-state index contributed by atoms with van der Waals surface area (Å²) in [5.41, 5.74) is 0. The second kappa shape index (κ2) is 5.31. The number of aliphatic hydroxyl groups excluding tert-OH is 1. The summed E-state index contributed by atoms with van der Waals surface area (Å²) in [6, 6.07) is 0. The van der Waals surface area contributed by atoms with Crippen LogP contribution in [-0.2, 0) is 4.79 Å². The number of amides is 1. The van der Waals surface area contributed by atoms with E-state index >= 15 is 0 Å². The largest absolute Gasteiger partial charge is 0.377 e. The molecule has 0 saturated heterocycles. The summed E-state index contributed by atoms with van der Waals surface area (Å²) in [5, 5.41) is 10.4. The molecule has 9 heavy (non-hydrogen) atoms. The van der Waals surface area contributed by atoms with Crippen LogP contribution in [0.1, 0.15) is 12.8 Å². The van der Waals surface area contributed by atoms with Crippen LogP contribution in [0.3, 0.4) is 0 Å². The molecule has 0 rings (SSSR count). The fourth-order valence-corrected chi connectivity index (χ4v) is 0.410. The lowest BCUT2D eigenvalue weighted by molar-refractivity contribution is -0.122. The van der Waals surface area contributed by atoms with Crippen LogP contribution >= 0.6 is 0 Å². The highest BCUT2D eigenvalue weighted by Gasteiger charge is 1.94. The molecule has 0 aromatic rings. The number of nitrogens with one attached hydrogen (secondary N) is 1. The normalized spacial score (nSPS) is 8.56. The molecule has 2 N–H and O–H groups in total. The van der Waals surface area contributed by atoms with Crippen LogP contribution in [0.2, 0.25) is 0 Å². The van der Waals surface area contributed by atoms with Gasteiger partial charge in [-0.25, -0.2) is 0 Å². The third-order valence-electron chi connectivity index (χ3n) is 0.852. The first-order valence-electron chi connectivity index (χ1n) is 2.79. The van der Waals surface area contributed by atoms with Crippen molar-refractivity contribution in [3.63, 3.8) is 0 Å². The molecule has 0 unspecified atom stereocenters. The lowest BCUT2D eigenvalue weighted by Crippen LogP contribution is -2.23. The molecule has 0 atom stereocenters. The monoisotopic (exact) mass is 129 g/mol. The Bertz CT molecular complexity index is 101. The van der Waals surface area contributed by atoms with E-state index in [1.165, 1.54) is 0 Å². The van der Waals surface area contributed by atoms with Gasteiger partial charge in [-0.15, -0.1) is 6.58 Å². The van der Waals surface area contributed by atoms with Crippen LogP contribution in [-0.4, -0.2) is 17.7 Å². The highest BCUT2D eigenvalue weighted by Crippen LogP contribution is 1.86. The van der Waals surface area contributed by atoms with Crippen molar-refractivity contribution in [3.8, 4) is 0 Å². The second-order valence-electron chi connectivity index (χ2n) is 1.59. The molecule has 0 aliphatic carbocycles. The summed E-state index contributed by atoms with van der Waals surface area (Å²) in [4.78, 5) is 10.5. The van der Waals surface area contributed by atoms with Gasteiger partial charge in [-0.1, -0.05) is 6.08 Å².